The van der Waals surface area contributed by atoms with Gasteiger partial charge in [0, 0.05) is 25.2 Å². The Hall–Kier alpha value is -3.16. The van der Waals surface area contributed by atoms with Crippen molar-refractivity contribution in [2.24, 2.45) is 5.92 Å². The van der Waals surface area contributed by atoms with Gasteiger partial charge in [-0.05, 0) is 52.7 Å². The summed E-state index contributed by atoms with van der Waals surface area (Å²) >= 11 is 0. The zero-order chi connectivity index (χ0) is 21.4. The zero-order valence-corrected chi connectivity index (χ0v) is 17.7. The fourth-order valence-corrected chi connectivity index (χ4v) is 4.15. The van der Waals surface area contributed by atoms with Gasteiger partial charge in [-0.3, -0.25) is 9.59 Å². The molecule has 0 spiro atoms. The largest absolute Gasteiger partial charge is 0.466 e. The van der Waals surface area contributed by atoms with E-state index in [0.29, 0.717) is 47.7 Å². The van der Waals surface area contributed by atoms with E-state index in [9.17, 15) is 9.59 Å². The maximum atomic E-state index is 13.5. The van der Waals surface area contributed by atoms with Crippen LogP contribution in [0.2, 0.25) is 0 Å². The van der Waals surface area contributed by atoms with Crippen molar-refractivity contribution in [3.63, 3.8) is 0 Å². The normalized spacial score (nSPS) is 16.8. The van der Waals surface area contributed by atoms with E-state index >= 15 is 0 Å². The van der Waals surface area contributed by atoms with Crippen molar-refractivity contribution in [2.75, 3.05) is 19.6 Å². The maximum Gasteiger partial charge on any atom is 0.259 e. The minimum absolute atomic E-state index is 0.00113. The number of aryl methyl sites for hydroxylation is 3. The lowest BCUT2D eigenvalue weighted by Crippen LogP contribution is -2.45. The summed E-state index contributed by atoms with van der Waals surface area (Å²) < 4.78 is 11.0. The Kier molecular flexibility index (Phi) is 5.32. The molecule has 1 saturated heterocycles. The number of nitrogens with one attached hydrogen (secondary N) is 1. The van der Waals surface area contributed by atoms with Gasteiger partial charge in [0.1, 0.15) is 11.5 Å². The van der Waals surface area contributed by atoms with Crippen molar-refractivity contribution in [2.45, 2.75) is 40.5 Å². The third kappa shape index (κ3) is 3.58. The molecule has 0 radical (unpaired) electrons. The van der Waals surface area contributed by atoms with Crippen molar-refractivity contribution in [1.29, 1.82) is 0 Å². The number of amides is 2. The van der Waals surface area contributed by atoms with Gasteiger partial charge >= 0.3 is 0 Å². The topological polar surface area (TPSA) is 101 Å². The van der Waals surface area contributed by atoms with Crippen molar-refractivity contribution in [1.82, 2.24) is 20.4 Å². The molecule has 1 unspecified atom stereocenters. The quantitative estimate of drug-likeness (QED) is 0.707. The summed E-state index contributed by atoms with van der Waals surface area (Å²) in [5, 5.41) is 7.50. The molecular weight excluding hydrogens is 384 g/mol. The van der Waals surface area contributed by atoms with Crippen LogP contribution in [-0.4, -0.2) is 46.5 Å². The number of nitrogens with zero attached hydrogens (tertiary/aromatic N) is 3. The summed E-state index contributed by atoms with van der Waals surface area (Å²) in [5.74, 6) is 1.17. The highest BCUT2D eigenvalue weighted by Crippen LogP contribution is 2.31. The van der Waals surface area contributed by atoms with Crippen LogP contribution in [0.25, 0.3) is 22.4 Å². The second-order valence-corrected chi connectivity index (χ2v) is 7.82. The summed E-state index contributed by atoms with van der Waals surface area (Å²) in [5.41, 5.74) is 2.85. The molecule has 1 fully saturated rings. The van der Waals surface area contributed by atoms with Crippen LogP contribution < -0.4 is 5.32 Å². The molecule has 0 aromatic carbocycles. The number of piperidine rings is 1. The third-order valence-corrected chi connectivity index (χ3v) is 5.59. The number of fused-ring (bicyclic) bond motifs is 1. The summed E-state index contributed by atoms with van der Waals surface area (Å²) in [4.78, 5) is 32.2. The molecule has 1 aliphatic rings. The van der Waals surface area contributed by atoms with Crippen LogP contribution in [0, 0.1) is 26.7 Å². The number of hydrogen-bond acceptors (Lipinski definition) is 6. The highest BCUT2D eigenvalue weighted by molar-refractivity contribution is 6.07. The molecule has 3 aromatic heterocycles. The number of likely N-dealkylation sites (tertiary alicyclic amines) is 1. The molecule has 1 aliphatic heterocycles. The van der Waals surface area contributed by atoms with Gasteiger partial charge in [-0.15, -0.1) is 0 Å². The summed E-state index contributed by atoms with van der Waals surface area (Å²) in [6.07, 6.45) is 1.57. The van der Waals surface area contributed by atoms with Crippen molar-refractivity contribution >= 4 is 22.9 Å². The molecule has 0 saturated carbocycles. The van der Waals surface area contributed by atoms with Crippen LogP contribution in [0.4, 0.5) is 0 Å². The van der Waals surface area contributed by atoms with E-state index in [-0.39, 0.29) is 17.7 Å². The number of furan rings is 1. The van der Waals surface area contributed by atoms with Crippen molar-refractivity contribution < 1.29 is 18.5 Å². The van der Waals surface area contributed by atoms with Gasteiger partial charge in [-0.2, -0.15) is 0 Å². The summed E-state index contributed by atoms with van der Waals surface area (Å²) in [6.45, 7) is 9.02. The van der Waals surface area contributed by atoms with Gasteiger partial charge in [0.2, 0.25) is 5.91 Å². The fraction of sp³-hybridized carbons (Fsp3) is 0.455. The molecule has 1 atom stereocenters. The van der Waals surface area contributed by atoms with Gasteiger partial charge in [-0.25, -0.2) is 4.98 Å². The smallest absolute Gasteiger partial charge is 0.259 e. The fourth-order valence-electron chi connectivity index (χ4n) is 4.15. The molecule has 30 heavy (non-hydrogen) atoms. The lowest BCUT2D eigenvalue weighted by molar-refractivity contribution is -0.126. The molecule has 3 aromatic rings. The molecule has 158 valence electrons. The molecule has 8 heteroatoms. The lowest BCUT2D eigenvalue weighted by atomic mass is 9.96. The molecule has 8 nitrogen and oxygen atoms in total. The van der Waals surface area contributed by atoms with Gasteiger partial charge in [-0.1, -0.05) is 5.16 Å². The van der Waals surface area contributed by atoms with E-state index in [1.165, 1.54) is 0 Å². The first-order valence-electron chi connectivity index (χ1n) is 10.3. The molecule has 2 amide bonds. The highest BCUT2D eigenvalue weighted by Gasteiger charge is 2.31. The van der Waals surface area contributed by atoms with Crippen LogP contribution in [0.15, 0.2) is 21.1 Å². The van der Waals surface area contributed by atoms with E-state index in [4.69, 9.17) is 8.94 Å². The Balaban J connectivity index is 1.74. The van der Waals surface area contributed by atoms with E-state index in [0.717, 1.165) is 29.9 Å². The Morgan fingerprint density at radius 3 is 2.77 bits per heavy atom. The Morgan fingerprint density at radius 1 is 1.27 bits per heavy atom. The van der Waals surface area contributed by atoms with Crippen LogP contribution in [0.5, 0.6) is 0 Å². The van der Waals surface area contributed by atoms with Gasteiger partial charge in [0.25, 0.3) is 11.6 Å². The zero-order valence-electron chi connectivity index (χ0n) is 17.7. The Labute approximate surface area is 174 Å². The summed E-state index contributed by atoms with van der Waals surface area (Å²) in [7, 11) is 0. The number of carbonyl (C=O) groups is 2. The number of rotatable bonds is 4. The Bertz CT molecular complexity index is 1110. The number of aromatic nitrogens is 2. The van der Waals surface area contributed by atoms with Crippen LogP contribution in [0.3, 0.4) is 0 Å². The standard InChI is InChI=1S/C22H26N4O4/c1-5-23-20(27)15-7-6-8-26(11-15)22(28)17-10-18(16-9-12(2)29-14(16)4)24-21-19(17)13(3)25-30-21/h9-10,15H,5-8,11H2,1-4H3,(H,23,27). The predicted molar refractivity (Wildman–Crippen MR) is 111 cm³/mol. The van der Waals surface area contributed by atoms with E-state index in [1.807, 2.05) is 26.8 Å². The van der Waals surface area contributed by atoms with Gasteiger partial charge in [0.15, 0.2) is 0 Å². The summed E-state index contributed by atoms with van der Waals surface area (Å²) in [6, 6.07) is 3.68. The lowest BCUT2D eigenvalue weighted by Gasteiger charge is -2.32. The van der Waals surface area contributed by atoms with Crippen LogP contribution in [0.1, 0.15) is 47.3 Å². The average molecular weight is 410 g/mol. The van der Waals surface area contributed by atoms with E-state index in [2.05, 4.69) is 15.5 Å². The molecule has 0 bridgehead atoms. The first-order valence-corrected chi connectivity index (χ1v) is 10.3. The van der Waals surface area contributed by atoms with Crippen molar-refractivity contribution in [3.8, 4) is 11.3 Å². The van der Waals surface area contributed by atoms with E-state index in [1.54, 1.807) is 17.9 Å². The second-order valence-electron chi connectivity index (χ2n) is 7.82. The minimum atomic E-state index is -0.193. The molecular formula is C22H26N4O4. The van der Waals surface area contributed by atoms with Gasteiger partial charge < -0.3 is 19.2 Å². The number of carbonyl (C=O) groups excluding carboxylic acids is 2. The van der Waals surface area contributed by atoms with E-state index < -0.39 is 0 Å². The van der Waals surface area contributed by atoms with Crippen LogP contribution >= 0.6 is 0 Å². The molecule has 4 heterocycles. The first-order chi connectivity index (χ1) is 14.4. The third-order valence-electron chi connectivity index (χ3n) is 5.59. The van der Waals surface area contributed by atoms with Gasteiger partial charge in [0.05, 0.1) is 28.3 Å². The average Bonchev–Trinajstić information content (AvgIpc) is 3.28. The molecule has 0 aliphatic carbocycles. The number of pyridine rings is 1. The molecule has 1 N–H and O–H groups in total. The second kappa shape index (κ2) is 7.93. The molecule has 4 rings (SSSR count). The Morgan fingerprint density at radius 2 is 2.07 bits per heavy atom. The maximum absolute atomic E-state index is 13.5. The first kappa shape index (κ1) is 20.1. The van der Waals surface area contributed by atoms with Crippen molar-refractivity contribution in [3.05, 3.63) is 34.9 Å². The number of hydrogen-bond donors (Lipinski definition) is 1. The van der Waals surface area contributed by atoms with Crippen LogP contribution in [-0.2, 0) is 4.79 Å². The minimum Gasteiger partial charge on any atom is -0.466 e. The SMILES string of the molecule is CCNC(=O)C1CCCN(C(=O)c2cc(-c3cc(C)oc3C)nc3onc(C)c23)C1. The predicted octanol–water partition coefficient (Wildman–Crippen LogP) is 3.40. The highest BCUT2D eigenvalue weighted by atomic mass is 16.5. The monoisotopic (exact) mass is 410 g/mol.